The zero-order valence-corrected chi connectivity index (χ0v) is 20.5. The van der Waals surface area contributed by atoms with E-state index in [0.29, 0.717) is 22.7 Å². The smallest absolute Gasteiger partial charge is 0.329 e. The normalized spacial score (nSPS) is 10.6. The van der Waals surface area contributed by atoms with Gasteiger partial charge in [-0.15, -0.1) is 0 Å². The number of methoxy groups -OCH3 is 1. The second-order valence-electron chi connectivity index (χ2n) is 8.06. The molecule has 0 aromatic heterocycles. The number of rotatable bonds is 8. The summed E-state index contributed by atoms with van der Waals surface area (Å²) in [4.78, 5) is 36.2. The number of carbonyl (C=O) groups is 3. The maximum Gasteiger partial charge on any atom is 0.329 e. The van der Waals surface area contributed by atoms with Crippen LogP contribution in [0.1, 0.15) is 22.3 Å². The van der Waals surface area contributed by atoms with Gasteiger partial charge in [0.25, 0.3) is 5.91 Å². The minimum atomic E-state index is -0.910. The first-order valence-corrected chi connectivity index (χ1v) is 11.1. The summed E-state index contributed by atoms with van der Waals surface area (Å²) in [5.41, 5.74) is 7.21. The molecule has 0 atom stereocenters. The minimum Gasteiger partial charge on any atom is -0.497 e. The molecule has 9 heteroatoms. The number of benzene rings is 3. The predicted octanol–water partition coefficient (Wildman–Crippen LogP) is 3.73. The van der Waals surface area contributed by atoms with Gasteiger partial charge in [-0.3, -0.25) is 14.4 Å². The highest BCUT2D eigenvalue weighted by Crippen LogP contribution is 2.22. The molecule has 3 aromatic rings. The fraction of sp³-hybridized carbons (Fsp3) is 0.185. The third kappa shape index (κ3) is 7.42. The Bertz CT molecular complexity index is 1250. The number of hydrazone groups is 1. The van der Waals surface area contributed by atoms with Crippen molar-refractivity contribution >= 4 is 35.3 Å². The van der Waals surface area contributed by atoms with Crippen molar-refractivity contribution in [2.45, 2.75) is 20.8 Å². The average Bonchev–Trinajstić information content (AvgIpc) is 2.86. The van der Waals surface area contributed by atoms with Crippen molar-refractivity contribution in [2.75, 3.05) is 24.4 Å². The molecule has 0 spiro atoms. The van der Waals surface area contributed by atoms with Gasteiger partial charge in [-0.1, -0.05) is 17.7 Å². The molecule has 0 aliphatic rings. The van der Waals surface area contributed by atoms with Crippen molar-refractivity contribution < 1.29 is 23.9 Å². The van der Waals surface area contributed by atoms with E-state index < -0.39 is 11.8 Å². The molecule has 0 saturated carbocycles. The number of hydrogen-bond acceptors (Lipinski definition) is 6. The van der Waals surface area contributed by atoms with Crippen LogP contribution in [0.3, 0.4) is 0 Å². The first-order chi connectivity index (χ1) is 17.2. The molecule has 0 aliphatic carbocycles. The van der Waals surface area contributed by atoms with Crippen molar-refractivity contribution in [3.63, 3.8) is 0 Å². The number of nitrogens with one attached hydrogen (secondary N) is 3. The Morgan fingerprint density at radius 2 is 1.44 bits per heavy atom. The first-order valence-electron chi connectivity index (χ1n) is 11.1. The Morgan fingerprint density at radius 3 is 2.06 bits per heavy atom. The molecule has 186 valence electrons. The lowest BCUT2D eigenvalue weighted by molar-refractivity contribution is -0.136. The van der Waals surface area contributed by atoms with Gasteiger partial charge in [0.15, 0.2) is 6.61 Å². The van der Waals surface area contributed by atoms with E-state index in [2.05, 4.69) is 21.2 Å². The molecule has 0 bridgehead atoms. The molecule has 0 fully saturated rings. The summed E-state index contributed by atoms with van der Waals surface area (Å²) in [6.45, 7) is 5.77. The van der Waals surface area contributed by atoms with Crippen LogP contribution >= 0.6 is 0 Å². The number of anilines is 2. The van der Waals surface area contributed by atoms with Gasteiger partial charge in [0.1, 0.15) is 11.5 Å². The zero-order chi connectivity index (χ0) is 26.1. The van der Waals surface area contributed by atoms with Gasteiger partial charge in [0.05, 0.1) is 13.3 Å². The number of ether oxygens (including phenoxy) is 2. The van der Waals surface area contributed by atoms with Crippen LogP contribution in [0.4, 0.5) is 11.4 Å². The number of carbonyl (C=O) groups excluding carboxylic acids is 3. The monoisotopic (exact) mass is 488 g/mol. The Kier molecular flexibility index (Phi) is 8.77. The van der Waals surface area contributed by atoms with E-state index in [0.717, 1.165) is 22.4 Å². The summed E-state index contributed by atoms with van der Waals surface area (Å²) in [6.07, 6.45) is 1.39. The van der Waals surface area contributed by atoms with Gasteiger partial charge in [0.2, 0.25) is 0 Å². The Labute approximate surface area is 209 Å². The standard InChI is InChI=1S/C27H28N4O5/c1-17-13-18(2)25(19(3)14-17)30-24(32)16-36-23-9-5-20(6-10-23)15-28-31-27(34)26(33)29-21-7-11-22(35-4)12-8-21/h5-15H,16H2,1-4H3,(H,29,33)(H,30,32)(H,31,34)/b28-15-. The highest BCUT2D eigenvalue weighted by molar-refractivity contribution is 6.39. The Hall–Kier alpha value is -4.66. The highest BCUT2D eigenvalue weighted by atomic mass is 16.5. The molecule has 0 radical (unpaired) electrons. The van der Waals surface area contributed by atoms with Crippen LogP contribution in [0, 0.1) is 20.8 Å². The Morgan fingerprint density at radius 1 is 0.833 bits per heavy atom. The van der Waals surface area contributed by atoms with Gasteiger partial charge in [0, 0.05) is 11.4 Å². The molecule has 0 aliphatic heterocycles. The molecular weight excluding hydrogens is 460 g/mol. The van der Waals surface area contributed by atoms with E-state index in [4.69, 9.17) is 9.47 Å². The van der Waals surface area contributed by atoms with Crippen LogP contribution in [0.25, 0.3) is 0 Å². The van der Waals surface area contributed by atoms with Crippen LogP contribution in [0.15, 0.2) is 65.8 Å². The molecule has 9 nitrogen and oxygen atoms in total. The third-order valence-electron chi connectivity index (χ3n) is 5.13. The molecular formula is C27H28N4O5. The minimum absolute atomic E-state index is 0.139. The van der Waals surface area contributed by atoms with Crippen LogP contribution in [-0.2, 0) is 14.4 Å². The average molecular weight is 489 g/mol. The quantitative estimate of drug-likeness (QED) is 0.254. The van der Waals surface area contributed by atoms with Crippen molar-refractivity contribution in [2.24, 2.45) is 5.10 Å². The summed E-state index contributed by atoms with van der Waals surface area (Å²) < 4.78 is 10.6. The second-order valence-corrected chi connectivity index (χ2v) is 8.06. The van der Waals surface area contributed by atoms with Gasteiger partial charge in [-0.25, -0.2) is 5.43 Å². The van der Waals surface area contributed by atoms with Gasteiger partial charge >= 0.3 is 11.8 Å². The lowest BCUT2D eigenvalue weighted by Gasteiger charge is -2.13. The maximum absolute atomic E-state index is 12.3. The maximum atomic E-state index is 12.3. The fourth-order valence-corrected chi connectivity index (χ4v) is 3.43. The number of hydrogen-bond donors (Lipinski definition) is 3. The molecule has 0 heterocycles. The van der Waals surface area contributed by atoms with Crippen molar-refractivity contribution in [3.05, 3.63) is 82.9 Å². The molecule has 3 amide bonds. The van der Waals surface area contributed by atoms with Crippen LogP contribution < -0.4 is 25.5 Å². The molecule has 0 unspecified atom stereocenters. The summed E-state index contributed by atoms with van der Waals surface area (Å²) in [5, 5.41) is 9.15. The topological polar surface area (TPSA) is 118 Å². The van der Waals surface area contributed by atoms with Gasteiger partial charge in [-0.05, 0) is 86.0 Å². The van der Waals surface area contributed by atoms with Crippen LogP contribution in [-0.4, -0.2) is 37.7 Å². The Balaban J connectivity index is 1.45. The predicted molar refractivity (Wildman–Crippen MR) is 139 cm³/mol. The van der Waals surface area contributed by atoms with E-state index in [9.17, 15) is 14.4 Å². The largest absolute Gasteiger partial charge is 0.497 e. The molecule has 3 rings (SSSR count). The van der Waals surface area contributed by atoms with E-state index in [1.54, 1.807) is 48.5 Å². The van der Waals surface area contributed by atoms with E-state index in [1.807, 2.05) is 32.9 Å². The van der Waals surface area contributed by atoms with E-state index in [1.165, 1.54) is 13.3 Å². The van der Waals surface area contributed by atoms with Crippen molar-refractivity contribution in [1.29, 1.82) is 0 Å². The van der Waals surface area contributed by atoms with Crippen molar-refractivity contribution in [1.82, 2.24) is 5.43 Å². The lowest BCUT2D eigenvalue weighted by atomic mass is 10.1. The van der Waals surface area contributed by atoms with Gasteiger partial charge in [-0.2, -0.15) is 5.10 Å². The first kappa shape index (κ1) is 26.0. The van der Waals surface area contributed by atoms with Crippen LogP contribution in [0.5, 0.6) is 11.5 Å². The fourth-order valence-electron chi connectivity index (χ4n) is 3.43. The van der Waals surface area contributed by atoms with Crippen molar-refractivity contribution in [3.8, 4) is 11.5 Å². The second kappa shape index (κ2) is 12.2. The molecule has 36 heavy (non-hydrogen) atoms. The molecule has 0 saturated heterocycles. The van der Waals surface area contributed by atoms with Gasteiger partial charge < -0.3 is 20.1 Å². The summed E-state index contributed by atoms with van der Waals surface area (Å²) >= 11 is 0. The number of nitrogens with zero attached hydrogens (tertiary/aromatic N) is 1. The SMILES string of the molecule is COc1ccc(NC(=O)C(=O)N/N=C\c2ccc(OCC(=O)Nc3c(C)cc(C)cc3C)cc2)cc1. The lowest BCUT2D eigenvalue weighted by Crippen LogP contribution is -2.32. The summed E-state index contributed by atoms with van der Waals surface area (Å²) in [5.74, 6) is -0.884. The van der Waals surface area contributed by atoms with Crippen LogP contribution in [0.2, 0.25) is 0 Å². The number of aryl methyl sites for hydroxylation is 3. The van der Waals surface area contributed by atoms with E-state index in [-0.39, 0.29) is 12.5 Å². The molecule has 3 aromatic carbocycles. The molecule has 3 N–H and O–H groups in total. The summed E-state index contributed by atoms with van der Waals surface area (Å²) in [7, 11) is 1.53. The highest BCUT2D eigenvalue weighted by Gasteiger charge is 2.13. The number of amides is 3. The summed E-state index contributed by atoms with van der Waals surface area (Å²) in [6, 6.07) is 17.3. The van der Waals surface area contributed by atoms with E-state index >= 15 is 0 Å². The zero-order valence-electron chi connectivity index (χ0n) is 20.5. The third-order valence-corrected chi connectivity index (χ3v) is 5.13.